The van der Waals surface area contributed by atoms with E-state index in [1.165, 1.54) is 6.92 Å². The largest absolute Gasteiger partial charge is 0.374 e. The van der Waals surface area contributed by atoms with E-state index in [0.29, 0.717) is 13.2 Å². The van der Waals surface area contributed by atoms with E-state index < -0.39 is 0 Å². The lowest BCUT2D eigenvalue weighted by Gasteiger charge is -2.24. The molecule has 0 aliphatic heterocycles. The molecule has 0 saturated carbocycles. The minimum absolute atomic E-state index is 0.0159. The van der Waals surface area contributed by atoms with E-state index >= 15 is 0 Å². The molecule has 3 nitrogen and oxygen atoms in total. The molecule has 0 aromatic rings. The monoisotopic (exact) mass is 159 g/mol. The third-order valence-electron chi connectivity index (χ3n) is 1.30. The second kappa shape index (κ2) is 4.34. The van der Waals surface area contributed by atoms with Gasteiger partial charge in [0, 0.05) is 20.1 Å². The van der Waals surface area contributed by atoms with Gasteiger partial charge in [-0.2, -0.15) is 0 Å². The molecule has 0 aliphatic carbocycles. The SMILES string of the molecule is CCOC(C)(C)CNC(C)=O. The Hall–Kier alpha value is -0.570. The van der Waals surface area contributed by atoms with Crippen LogP contribution in [0, 0.1) is 0 Å². The zero-order chi connectivity index (χ0) is 8.91. The van der Waals surface area contributed by atoms with Gasteiger partial charge < -0.3 is 10.1 Å². The molecule has 1 N–H and O–H groups in total. The first-order valence-corrected chi connectivity index (χ1v) is 3.86. The molecule has 0 unspecified atom stereocenters. The summed E-state index contributed by atoms with van der Waals surface area (Å²) in [5, 5.41) is 2.71. The van der Waals surface area contributed by atoms with E-state index in [9.17, 15) is 4.79 Å². The summed E-state index contributed by atoms with van der Waals surface area (Å²) in [6.07, 6.45) is 0. The Kier molecular flexibility index (Phi) is 4.11. The van der Waals surface area contributed by atoms with Crippen molar-refractivity contribution in [3.05, 3.63) is 0 Å². The van der Waals surface area contributed by atoms with E-state index in [1.807, 2.05) is 20.8 Å². The summed E-state index contributed by atoms with van der Waals surface area (Å²) < 4.78 is 5.36. The number of ether oxygens (including phenoxy) is 1. The van der Waals surface area contributed by atoms with Crippen LogP contribution in [0.25, 0.3) is 0 Å². The Morgan fingerprint density at radius 3 is 2.45 bits per heavy atom. The fourth-order valence-corrected chi connectivity index (χ4v) is 0.779. The topological polar surface area (TPSA) is 38.3 Å². The van der Waals surface area contributed by atoms with Crippen molar-refractivity contribution in [3.63, 3.8) is 0 Å². The fraction of sp³-hybridized carbons (Fsp3) is 0.875. The van der Waals surface area contributed by atoms with Crippen molar-refractivity contribution in [2.75, 3.05) is 13.2 Å². The summed E-state index contributed by atoms with van der Waals surface area (Å²) >= 11 is 0. The fourth-order valence-electron chi connectivity index (χ4n) is 0.779. The quantitative estimate of drug-likeness (QED) is 0.663. The summed E-state index contributed by atoms with van der Waals surface area (Å²) in [5.41, 5.74) is -0.250. The molecule has 11 heavy (non-hydrogen) atoms. The van der Waals surface area contributed by atoms with E-state index in [0.717, 1.165) is 0 Å². The maximum absolute atomic E-state index is 10.5. The number of carbonyl (C=O) groups excluding carboxylic acids is 1. The van der Waals surface area contributed by atoms with Crippen molar-refractivity contribution in [2.24, 2.45) is 0 Å². The molecule has 3 heteroatoms. The van der Waals surface area contributed by atoms with Gasteiger partial charge in [0.15, 0.2) is 0 Å². The highest BCUT2D eigenvalue weighted by Gasteiger charge is 2.16. The third kappa shape index (κ3) is 5.85. The first-order valence-electron chi connectivity index (χ1n) is 3.86. The highest BCUT2D eigenvalue weighted by Crippen LogP contribution is 2.06. The van der Waals surface area contributed by atoms with Crippen LogP contribution in [0.3, 0.4) is 0 Å². The molecule has 0 fully saturated rings. The van der Waals surface area contributed by atoms with Gasteiger partial charge >= 0.3 is 0 Å². The van der Waals surface area contributed by atoms with Crippen LogP contribution in [0.1, 0.15) is 27.7 Å². The molecular weight excluding hydrogens is 142 g/mol. The van der Waals surface area contributed by atoms with Gasteiger partial charge in [0.2, 0.25) is 5.91 Å². The van der Waals surface area contributed by atoms with Crippen LogP contribution in [0.2, 0.25) is 0 Å². The molecule has 0 atom stereocenters. The Morgan fingerprint density at radius 2 is 2.09 bits per heavy atom. The van der Waals surface area contributed by atoms with Gasteiger partial charge in [0.25, 0.3) is 0 Å². The van der Waals surface area contributed by atoms with Crippen LogP contribution >= 0.6 is 0 Å². The van der Waals surface area contributed by atoms with Crippen LogP contribution < -0.4 is 5.32 Å². The predicted molar refractivity (Wildman–Crippen MR) is 44.4 cm³/mol. The van der Waals surface area contributed by atoms with Crippen LogP contribution in [0.15, 0.2) is 0 Å². The van der Waals surface area contributed by atoms with E-state index in [1.54, 1.807) is 0 Å². The van der Waals surface area contributed by atoms with Gasteiger partial charge in [-0.05, 0) is 20.8 Å². The van der Waals surface area contributed by atoms with Gasteiger partial charge in [-0.15, -0.1) is 0 Å². The van der Waals surface area contributed by atoms with Gasteiger partial charge in [-0.25, -0.2) is 0 Å². The zero-order valence-corrected chi connectivity index (χ0v) is 7.73. The number of carbonyl (C=O) groups is 1. The van der Waals surface area contributed by atoms with Crippen LogP contribution in [0.5, 0.6) is 0 Å². The molecule has 66 valence electrons. The summed E-state index contributed by atoms with van der Waals surface area (Å²) in [5.74, 6) is -0.0159. The van der Waals surface area contributed by atoms with Crippen molar-refractivity contribution < 1.29 is 9.53 Å². The Labute approximate surface area is 68.1 Å². The maximum atomic E-state index is 10.5. The highest BCUT2D eigenvalue weighted by atomic mass is 16.5. The molecule has 0 saturated heterocycles. The molecule has 0 bridgehead atoms. The second-order valence-corrected chi connectivity index (χ2v) is 3.10. The molecule has 0 aliphatic rings. The Balaban J connectivity index is 3.63. The van der Waals surface area contributed by atoms with Crippen molar-refractivity contribution in [2.45, 2.75) is 33.3 Å². The molecule has 0 spiro atoms. The van der Waals surface area contributed by atoms with Gasteiger partial charge in [-0.1, -0.05) is 0 Å². The third-order valence-corrected chi connectivity index (χ3v) is 1.30. The van der Waals surface area contributed by atoms with Gasteiger partial charge in [-0.3, -0.25) is 4.79 Å². The smallest absolute Gasteiger partial charge is 0.216 e. The number of hydrogen-bond donors (Lipinski definition) is 1. The normalized spacial score (nSPS) is 11.3. The first-order chi connectivity index (χ1) is 4.98. The second-order valence-electron chi connectivity index (χ2n) is 3.10. The van der Waals surface area contributed by atoms with Crippen molar-refractivity contribution >= 4 is 5.91 Å². The average Bonchev–Trinajstić information content (AvgIpc) is 1.84. The lowest BCUT2D eigenvalue weighted by molar-refractivity contribution is -0.120. The molecule has 1 amide bonds. The summed E-state index contributed by atoms with van der Waals surface area (Å²) in [4.78, 5) is 10.5. The minimum atomic E-state index is -0.250. The molecule has 0 heterocycles. The van der Waals surface area contributed by atoms with E-state index in [4.69, 9.17) is 4.74 Å². The molecule has 0 aromatic heterocycles. The van der Waals surface area contributed by atoms with Crippen molar-refractivity contribution in [3.8, 4) is 0 Å². The molecular formula is C8H17NO2. The number of amides is 1. The van der Waals surface area contributed by atoms with Crippen molar-refractivity contribution in [1.82, 2.24) is 5.32 Å². The van der Waals surface area contributed by atoms with Gasteiger partial charge in [0.1, 0.15) is 0 Å². The standard InChI is InChI=1S/C8H17NO2/c1-5-11-8(3,4)6-9-7(2)10/h5-6H2,1-4H3,(H,9,10). The Morgan fingerprint density at radius 1 is 1.55 bits per heavy atom. The first kappa shape index (κ1) is 10.4. The lowest BCUT2D eigenvalue weighted by Crippen LogP contribution is -2.39. The van der Waals surface area contributed by atoms with Crippen LogP contribution in [-0.4, -0.2) is 24.7 Å². The maximum Gasteiger partial charge on any atom is 0.216 e. The lowest BCUT2D eigenvalue weighted by atomic mass is 10.1. The van der Waals surface area contributed by atoms with E-state index in [-0.39, 0.29) is 11.5 Å². The average molecular weight is 159 g/mol. The van der Waals surface area contributed by atoms with Crippen LogP contribution in [0.4, 0.5) is 0 Å². The minimum Gasteiger partial charge on any atom is -0.374 e. The summed E-state index contributed by atoms with van der Waals surface area (Å²) in [6.45, 7) is 8.58. The number of hydrogen-bond acceptors (Lipinski definition) is 2. The highest BCUT2D eigenvalue weighted by molar-refractivity contribution is 5.72. The number of nitrogens with one attached hydrogen (secondary N) is 1. The zero-order valence-electron chi connectivity index (χ0n) is 7.73. The van der Waals surface area contributed by atoms with Gasteiger partial charge in [0.05, 0.1) is 5.60 Å². The number of rotatable bonds is 4. The van der Waals surface area contributed by atoms with Crippen LogP contribution in [-0.2, 0) is 9.53 Å². The molecule has 0 aromatic carbocycles. The molecule has 0 radical (unpaired) electrons. The summed E-state index contributed by atoms with van der Waals surface area (Å²) in [7, 11) is 0. The predicted octanol–water partition coefficient (Wildman–Crippen LogP) is 0.938. The summed E-state index contributed by atoms with van der Waals surface area (Å²) in [6, 6.07) is 0. The van der Waals surface area contributed by atoms with Crippen molar-refractivity contribution in [1.29, 1.82) is 0 Å². The Bertz CT molecular complexity index is 132. The molecule has 0 rings (SSSR count). The van der Waals surface area contributed by atoms with E-state index in [2.05, 4.69) is 5.32 Å².